The Hall–Kier alpha value is -1.84. The van der Waals surface area contributed by atoms with Crippen LogP contribution in [0.3, 0.4) is 0 Å². The molecule has 1 saturated heterocycles. The van der Waals surface area contributed by atoms with Crippen LogP contribution in [0.4, 0.5) is 0 Å². The summed E-state index contributed by atoms with van der Waals surface area (Å²) in [5, 5.41) is 9.16. The SMILES string of the molecule is CC(C)C1CCCN1C(=O)Cc1ccccc1C(=O)O. The van der Waals surface area contributed by atoms with Crippen LogP contribution in [0.25, 0.3) is 0 Å². The average molecular weight is 275 g/mol. The van der Waals surface area contributed by atoms with Crippen LogP contribution in [0.15, 0.2) is 24.3 Å². The van der Waals surface area contributed by atoms with Crippen molar-refractivity contribution >= 4 is 11.9 Å². The topological polar surface area (TPSA) is 57.6 Å². The molecule has 0 bridgehead atoms. The lowest BCUT2D eigenvalue weighted by molar-refractivity contribution is -0.132. The fourth-order valence-corrected chi connectivity index (χ4v) is 2.94. The van der Waals surface area contributed by atoms with Crippen LogP contribution in [0.2, 0.25) is 0 Å². The molecule has 20 heavy (non-hydrogen) atoms. The van der Waals surface area contributed by atoms with Crippen LogP contribution >= 0.6 is 0 Å². The van der Waals surface area contributed by atoms with E-state index in [9.17, 15) is 9.59 Å². The summed E-state index contributed by atoms with van der Waals surface area (Å²) in [6, 6.07) is 7.03. The monoisotopic (exact) mass is 275 g/mol. The molecule has 0 saturated carbocycles. The van der Waals surface area contributed by atoms with Gasteiger partial charge in [0.05, 0.1) is 12.0 Å². The minimum Gasteiger partial charge on any atom is -0.478 e. The van der Waals surface area contributed by atoms with E-state index in [0.29, 0.717) is 17.5 Å². The predicted molar refractivity (Wildman–Crippen MR) is 76.7 cm³/mol. The van der Waals surface area contributed by atoms with E-state index >= 15 is 0 Å². The lowest BCUT2D eigenvalue weighted by Crippen LogP contribution is -2.39. The van der Waals surface area contributed by atoms with Crippen LogP contribution in [0.1, 0.15) is 42.6 Å². The zero-order chi connectivity index (χ0) is 14.7. The summed E-state index contributed by atoms with van der Waals surface area (Å²) < 4.78 is 0. The fourth-order valence-electron chi connectivity index (χ4n) is 2.94. The summed E-state index contributed by atoms with van der Waals surface area (Å²) in [4.78, 5) is 25.5. The maximum Gasteiger partial charge on any atom is 0.335 e. The molecule has 1 aromatic rings. The molecular formula is C16H21NO3. The standard InChI is InChI=1S/C16H21NO3/c1-11(2)14-8-5-9-17(14)15(18)10-12-6-3-4-7-13(12)16(19)20/h3-4,6-7,11,14H,5,8-10H2,1-2H3,(H,19,20). The van der Waals surface area contributed by atoms with Gasteiger partial charge in [0.2, 0.25) is 5.91 Å². The van der Waals surface area contributed by atoms with Gasteiger partial charge in [-0.25, -0.2) is 4.79 Å². The van der Waals surface area contributed by atoms with Crippen LogP contribution in [-0.2, 0) is 11.2 Å². The highest BCUT2D eigenvalue weighted by Crippen LogP contribution is 2.25. The van der Waals surface area contributed by atoms with Gasteiger partial charge < -0.3 is 10.0 Å². The Morgan fingerprint density at radius 2 is 2.05 bits per heavy atom. The van der Waals surface area contributed by atoms with Crippen molar-refractivity contribution < 1.29 is 14.7 Å². The number of carbonyl (C=O) groups excluding carboxylic acids is 1. The van der Waals surface area contributed by atoms with E-state index < -0.39 is 5.97 Å². The van der Waals surface area contributed by atoms with Gasteiger partial charge in [-0.2, -0.15) is 0 Å². The molecule has 1 aliphatic rings. The molecule has 0 aromatic heterocycles. The number of likely N-dealkylation sites (tertiary alicyclic amines) is 1. The number of hydrogen-bond donors (Lipinski definition) is 1. The number of carboxylic acids is 1. The summed E-state index contributed by atoms with van der Waals surface area (Å²) in [6.45, 7) is 5.04. The van der Waals surface area contributed by atoms with E-state index in [-0.39, 0.29) is 17.9 Å². The Labute approximate surface area is 119 Å². The number of amides is 1. The minimum atomic E-state index is -0.977. The number of benzene rings is 1. The molecule has 0 spiro atoms. The van der Waals surface area contributed by atoms with Crippen LogP contribution in [0, 0.1) is 5.92 Å². The number of rotatable bonds is 4. The van der Waals surface area contributed by atoms with Gasteiger partial charge in [0.25, 0.3) is 0 Å². The first-order chi connectivity index (χ1) is 9.50. The van der Waals surface area contributed by atoms with Crippen LogP contribution < -0.4 is 0 Å². The minimum absolute atomic E-state index is 0.0369. The third-order valence-electron chi connectivity index (χ3n) is 3.98. The molecular weight excluding hydrogens is 254 g/mol. The summed E-state index contributed by atoms with van der Waals surface area (Å²) in [5.74, 6) is -0.499. The Balaban J connectivity index is 2.14. The number of carboxylic acid groups (broad SMARTS) is 1. The van der Waals surface area contributed by atoms with Crippen molar-refractivity contribution in [2.75, 3.05) is 6.54 Å². The summed E-state index contributed by atoms with van der Waals surface area (Å²) in [7, 11) is 0. The molecule has 1 aromatic carbocycles. The smallest absolute Gasteiger partial charge is 0.335 e. The molecule has 2 rings (SSSR count). The average Bonchev–Trinajstić information content (AvgIpc) is 2.88. The van der Waals surface area contributed by atoms with E-state index in [2.05, 4.69) is 13.8 Å². The predicted octanol–water partition coefficient (Wildman–Crippen LogP) is 2.57. The molecule has 1 amide bonds. The van der Waals surface area contributed by atoms with Gasteiger partial charge in [-0.3, -0.25) is 4.79 Å². The van der Waals surface area contributed by atoms with Crippen molar-refractivity contribution in [3.8, 4) is 0 Å². The molecule has 108 valence electrons. The van der Waals surface area contributed by atoms with E-state index in [1.807, 2.05) is 4.90 Å². The van der Waals surface area contributed by atoms with Crippen molar-refractivity contribution in [2.45, 2.75) is 39.2 Å². The third kappa shape index (κ3) is 3.00. The quantitative estimate of drug-likeness (QED) is 0.918. The second kappa shape index (κ2) is 6.07. The fraction of sp³-hybridized carbons (Fsp3) is 0.500. The van der Waals surface area contributed by atoms with Crippen molar-refractivity contribution in [1.29, 1.82) is 0 Å². The first-order valence-electron chi connectivity index (χ1n) is 7.11. The highest BCUT2D eigenvalue weighted by atomic mass is 16.4. The van der Waals surface area contributed by atoms with Gasteiger partial charge in [-0.1, -0.05) is 32.0 Å². The van der Waals surface area contributed by atoms with Gasteiger partial charge in [-0.05, 0) is 30.4 Å². The number of carbonyl (C=O) groups is 2. The molecule has 4 nitrogen and oxygen atoms in total. The number of nitrogens with zero attached hydrogens (tertiary/aromatic N) is 1. The van der Waals surface area contributed by atoms with Crippen molar-refractivity contribution in [3.63, 3.8) is 0 Å². The van der Waals surface area contributed by atoms with Crippen molar-refractivity contribution in [2.24, 2.45) is 5.92 Å². The second-order valence-electron chi connectivity index (χ2n) is 5.68. The lowest BCUT2D eigenvalue weighted by atomic mass is 10.0. The highest BCUT2D eigenvalue weighted by Gasteiger charge is 2.30. The van der Waals surface area contributed by atoms with Crippen LogP contribution in [0.5, 0.6) is 0 Å². The third-order valence-corrected chi connectivity index (χ3v) is 3.98. The summed E-state index contributed by atoms with van der Waals surface area (Å²) in [6.07, 6.45) is 2.25. The Kier molecular flexibility index (Phi) is 4.42. The normalized spacial score (nSPS) is 18.6. The van der Waals surface area contributed by atoms with Gasteiger partial charge in [0.15, 0.2) is 0 Å². The largest absolute Gasteiger partial charge is 0.478 e. The van der Waals surface area contributed by atoms with Crippen molar-refractivity contribution in [3.05, 3.63) is 35.4 Å². The Morgan fingerprint density at radius 1 is 1.35 bits per heavy atom. The maximum absolute atomic E-state index is 12.4. The second-order valence-corrected chi connectivity index (χ2v) is 5.68. The summed E-state index contributed by atoms with van der Waals surface area (Å²) in [5.41, 5.74) is 0.820. The Bertz CT molecular complexity index is 510. The van der Waals surface area contributed by atoms with Gasteiger partial charge in [0.1, 0.15) is 0 Å². The van der Waals surface area contributed by atoms with Crippen LogP contribution in [-0.4, -0.2) is 34.5 Å². The maximum atomic E-state index is 12.4. The molecule has 1 atom stereocenters. The molecule has 1 heterocycles. The zero-order valence-electron chi connectivity index (χ0n) is 12.0. The molecule has 0 radical (unpaired) electrons. The van der Waals surface area contributed by atoms with Crippen molar-refractivity contribution in [1.82, 2.24) is 4.90 Å². The number of hydrogen-bond acceptors (Lipinski definition) is 2. The molecule has 0 aliphatic carbocycles. The van der Waals surface area contributed by atoms with Gasteiger partial charge in [0, 0.05) is 12.6 Å². The van der Waals surface area contributed by atoms with E-state index in [0.717, 1.165) is 19.4 Å². The van der Waals surface area contributed by atoms with Gasteiger partial charge in [-0.15, -0.1) is 0 Å². The number of aromatic carboxylic acids is 1. The lowest BCUT2D eigenvalue weighted by Gasteiger charge is -2.28. The molecule has 4 heteroatoms. The van der Waals surface area contributed by atoms with E-state index in [1.165, 1.54) is 0 Å². The van der Waals surface area contributed by atoms with E-state index in [4.69, 9.17) is 5.11 Å². The first-order valence-corrected chi connectivity index (χ1v) is 7.11. The molecule has 1 aliphatic heterocycles. The highest BCUT2D eigenvalue weighted by molar-refractivity contribution is 5.91. The first kappa shape index (κ1) is 14.6. The molecule has 1 fully saturated rings. The molecule has 1 unspecified atom stereocenters. The van der Waals surface area contributed by atoms with Gasteiger partial charge >= 0.3 is 5.97 Å². The summed E-state index contributed by atoms with van der Waals surface area (Å²) >= 11 is 0. The van der Waals surface area contributed by atoms with E-state index in [1.54, 1.807) is 24.3 Å². The molecule has 1 N–H and O–H groups in total. The Morgan fingerprint density at radius 3 is 2.70 bits per heavy atom. The zero-order valence-corrected chi connectivity index (χ0v) is 12.0.